The van der Waals surface area contributed by atoms with Crippen molar-refractivity contribution in [2.75, 3.05) is 13.1 Å². The highest BCUT2D eigenvalue weighted by Gasteiger charge is 2.31. The van der Waals surface area contributed by atoms with Gasteiger partial charge in [0.05, 0.1) is 11.1 Å². The van der Waals surface area contributed by atoms with Gasteiger partial charge < -0.3 is 0 Å². The van der Waals surface area contributed by atoms with Crippen molar-refractivity contribution in [2.24, 2.45) is 0 Å². The van der Waals surface area contributed by atoms with Crippen LogP contribution >= 0.6 is 0 Å². The minimum atomic E-state index is -3.42. The van der Waals surface area contributed by atoms with E-state index in [1.54, 1.807) is 22.6 Å². The molecule has 0 aliphatic carbocycles. The number of aromatic amines is 1. The summed E-state index contributed by atoms with van der Waals surface area (Å²) >= 11 is 0. The molecular weight excluding hydrogens is 298 g/mol. The maximum Gasteiger partial charge on any atom is 0.243 e. The fourth-order valence-electron chi connectivity index (χ4n) is 3.03. The van der Waals surface area contributed by atoms with Crippen molar-refractivity contribution >= 4 is 10.0 Å². The minimum Gasteiger partial charge on any atom is -0.282 e. The molecule has 0 unspecified atom stereocenters. The van der Waals surface area contributed by atoms with Gasteiger partial charge in [-0.3, -0.25) is 5.10 Å². The first-order valence-corrected chi connectivity index (χ1v) is 8.99. The Hall–Kier alpha value is -1.66. The van der Waals surface area contributed by atoms with Crippen molar-refractivity contribution < 1.29 is 8.42 Å². The van der Waals surface area contributed by atoms with Crippen LogP contribution in [0.5, 0.6) is 0 Å². The molecule has 0 saturated carbocycles. The number of sulfonamides is 1. The average molecular weight is 319 g/mol. The first-order valence-electron chi connectivity index (χ1n) is 7.55. The van der Waals surface area contributed by atoms with E-state index < -0.39 is 10.0 Å². The molecule has 118 valence electrons. The van der Waals surface area contributed by atoms with Crippen LogP contribution in [0.1, 0.15) is 35.6 Å². The smallest absolute Gasteiger partial charge is 0.243 e. The Morgan fingerprint density at radius 2 is 1.95 bits per heavy atom. The summed E-state index contributed by atoms with van der Waals surface area (Å²) in [4.78, 5) is 0.375. The summed E-state index contributed by atoms with van der Waals surface area (Å²) in [6.07, 6.45) is 3.65. The molecule has 1 aromatic heterocycles. The molecule has 5 nitrogen and oxygen atoms in total. The van der Waals surface area contributed by atoms with E-state index in [4.69, 9.17) is 0 Å². The second-order valence-electron chi connectivity index (χ2n) is 5.98. The van der Waals surface area contributed by atoms with E-state index in [9.17, 15) is 8.42 Å². The van der Waals surface area contributed by atoms with E-state index in [-0.39, 0.29) is 5.92 Å². The highest BCUT2D eigenvalue weighted by Crippen LogP contribution is 2.30. The Balaban J connectivity index is 1.85. The van der Waals surface area contributed by atoms with Crippen molar-refractivity contribution in [3.05, 3.63) is 47.3 Å². The fourth-order valence-corrected chi connectivity index (χ4v) is 4.55. The quantitative estimate of drug-likeness (QED) is 0.945. The van der Waals surface area contributed by atoms with Gasteiger partial charge in [-0.25, -0.2) is 8.42 Å². The normalized spacial score (nSPS) is 20.2. The zero-order valence-corrected chi connectivity index (χ0v) is 13.7. The standard InChI is InChI=1S/C16H21N3O2S/c1-12-5-7-15(8-6-12)22(20,21)19-9-3-4-14(11-19)16-13(2)10-17-18-16/h5-8,10,14H,3-4,9,11H2,1-2H3,(H,17,18)/t14-/m1/s1. The second kappa shape index (κ2) is 5.85. The van der Waals surface area contributed by atoms with Gasteiger partial charge >= 0.3 is 0 Å². The molecule has 1 saturated heterocycles. The SMILES string of the molecule is Cc1ccc(S(=O)(=O)N2CCC[C@@H](c3[nH]ncc3C)C2)cc1. The molecule has 22 heavy (non-hydrogen) atoms. The maximum atomic E-state index is 12.8. The molecule has 1 atom stereocenters. The maximum absolute atomic E-state index is 12.8. The van der Waals surface area contributed by atoms with Crippen molar-refractivity contribution in [1.82, 2.24) is 14.5 Å². The predicted octanol–water partition coefficient (Wildman–Crippen LogP) is 2.59. The summed E-state index contributed by atoms with van der Waals surface area (Å²) in [6, 6.07) is 7.06. The number of aryl methyl sites for hydroxylation is 2. The highest BCUT2D eigenvalue weighted by molar-refractivity contribution is 7.89. The molecule has 0 radical (unpaired) electrons. The lowest BCUT2D eigenvalue weighted by atomic mass is 9.94. The van der Waals surface area contributed by atoms with Gasteiger partial charge in [0.25, 0.3) is 0 Å². The summed E-state index contributed by atoms with van der Waals surface area (Å²) in [6.45, 7) is 5.06. The van der Waals surface area contributed by atoms with Crippen LogP contribution in [-0.4, -0.2) is 36.0 Å². The summed E-state index contributed by atoms with van der Waals surface area (Å²) in [5.74, 6) is 0.191. The Morgan fingerprint density at radius 1 is 1.23 bits per heavy atom. The Morgan fingerprint density at radius 3 is 2.59 bits per heavy atom. The molecule has 0 spiro atoms. The molecule has 6 heteroatoms. The summed E-state index contributed by atoms with van der Waals surface area (Å²) in [7, 11) is -3.42. The van der Waals surface area contributed by atoms with Crippen LogP contribution in [-0.2, 0) is 10.0 Å². The highest BCUT2D eigenvalue weighted by atomic mass is 32.2. The van der Waals surface area contributed by atoms with Gasteiger partial charge in [-0.05, 0) is 44.4 Å². The van der Waals surface area contributed by atoms with Gasteiger partial charge in [0, 0.05) is 24.7 Å². The lowest BCUT2D eigenvalue weighted by Gasteiger charge is -2.31. The number of H-pyrrole nitrogens is 1. The largest absolute Gasteiger partial charge is 0.282 e. The zero-order chi connectivity index (χ0) is 15.7. The van der Waals surface area contributed by atoms with Gasteiger partial charge in [-0.15, -0.1) is 0 Å². The van der Waals surface area contributed by atoms with Crippen LogP contribution in [0.3, 0.4) is 0 Å². The van der Waals surface area contributed by atoms with Crippen molar-refractivity contribution in [1.29, 1.82) is 0 Å². The molecule has 1 aromatic carbocycles. The summed E-state index contributed by atoms with van der Waals surface area (Å²) in [5.41, 5.74) is 3.21. The fraction of sp³-hybridized carbons (Fsp3) is 0.438. The molecule has 1 aliphatic heterocycles. The van der Waals surface area contributed by atoms with E-state index in [0.29, 0.717) is 18.0 Å². The van der Waals surface area contributed by atoms with Crippen LogP contribution < -0.4 is 0 Å². The predicted molar refractivity (Wildman–Crippen MR) is 85.2 cm³/mol. The molecule has 2 aromatic rings. The minimum absolute atomic E-state index is 0.191. The van der Waals surface area contributed by atoms with Gasteiger partial charge in [0.1, 0.15) is 0 Å². The second-order valence-corrected chi connectivity index (χ2v) is 7.92. The van der Waals surface area contributed by atoms with Crippen LogP contribution in [0.15, 0.2) is 35.4 Å². The number of piperidine rings is 1. The van der Waals surface area contributed by atoms with E-state index in [0.717, 1.165) is 29.7 Å². The third kappa shape index (κ3) is 2.80. The number of hydrogen-bond donors (Lipinski definition) is 1. The zero-order valence-electron chi connectivity index (χ0n) is 12.9. The van der Waals surface area contributed by atoms with E-state index in [1.807, 2.05) is 26.0 Å². The average Bonchev–Trinajstić information content (AvgIpc) is 2.94. The van der Waals surface area contributed by atoms with Gasteiger partial charge in [0.15, 0.2) is 0 Å². The van der Waals surface area contributed by atoms with Crippen LogP contribution in [0.4, 0.5) is 0 Å². The Bertz CT molecular complexity index is 750. The lowest BCUT2D eigenvalue weighted by molar-refractivity contribution is 0.312. The molecule has 1 aliphatic rings. The lowest BCUT2D eigenvalue weighted by Crippen LogP contribution is -2.39. The van der Waals surface area contributed by atoms with Crippen LogP contribution in [0.25, 0.3) is 0 Å². The van der Waals surface area contributed by atoms with E-state index in [2.05, 4.69) is 10.2 Å². The third-order valence-corrected chi connectivity index (χ3v) is 6.20. The van der Waals surface area contributed by atoms with Crippen molar-refractivity contribution in [3.63, 3.8) is 0 Å². The number of aromatic nitrogens is 2. The molecule has 0 amide bonds. The first kappa shape index (κ1) is 15.2. The number of rotatable bonds is 3. The van der Waals surface area contributed by atoms with Gasteiger partial charge in [0.2, 0.25) is 10.0 Å². The van der Waals surface area contributed by atoms with Crippen LogP contribution in [0.2, 0.25) is 0 Å². The number of nitrogens with one attached hydrogen (secondary N) is 1. The van der Waals surface area contributed by atoms with Crippen molar-refractivity contribution in [3.8, 4) is 0 Å². The first-order chi connectivity index (χ1) is 10.5. The number of nitrogens with zero attached hydrogens (tertiary/aromatic N) is 2. The summed E-state index contributed by atoms with van der Waals surface area (Å²) < 4.78 is 27.2. The van der Waals surface area contributed by atoms with E-state index >= 15 is 0 Å². The molecule has 1 N–H and O–H groups in total. The van der Waals surface area contributed by atoms with E-state index in [1.165, 1.54) is 0 Å². The van der Waals surface area contributed by atoms with Gasteiger partial charge in [-0.1, -0.05) is 17.7 Å². The van der Waals surface area contributed by atoms with Crippen molar-refractivity contribution in [2.45, 2.75) is 37.5 Å². The monoisotopic (exact) mass is 319 g/mol. The molecule has 3 rings (SSSR count). The topological polar surface area (TPSA) is 66.1 Å². The Labute approximate surface area is 131 Å². The van der Waals surface area contributed by atoms with Crippen LogP contribution in [0, 0.1) is 13.8 Å². The van der Waals surface area contributed by atoms with Gasteiger partial charge in [-0.2, -0.15) is 9.40 Å². The molecule has 2 heterocycles. The molecule has 1 fully saturated rings. The molecular formula is C16H21N3O2S. The molecule has 0 bridgehead atoms. The number of hydrogen-bond acceptors (Lipinski definition) is 3. The summed E-state index contributed by atoms with van der Waals surface area (Å²) in [5, 5.41) is 7.08. The third-order valence-electron chi connectivity index (χ3n) is 4.32. The number of benzene rings is 1. The Kier molecular flexibility index (Phi) is 4.06.